The van der Waals surface area contributed by atoms with Crippen molar-refractivity contribution in [2.24, 2.45) is 10.8 Å². The van der Waals surface area contributed by atoms with E-state index >= 15 is 0 Å². The van der Waals surface area contributed by atoms with E-state index in [4.69, 9.17) is 0 Å². The molecule has 0 aliphatic carbocycles. The van der Waals surface area contributed by atoms with Crippen molar-refractivity contribution in [2.45, 2.75) is 82.1 Å². The van der Waals surface area contributed by atoms with E-state index < -0.39 is 0 Å². The minimum absolute atomic E-state index is 0. The summed E-state index contributed by atoms with van der Waals surface area (Å²) in [5, 5.41) is 0. The minimum Gasteiger partial charge on any atom is -0.314 e. The molecule has 0 spiro atoms. The molecule has 0 nitrogen and oxygen atoms in total. The van der Waals surface area contributed by atoms with Crippen molar-refractivity contribution in [1.29, 1.82) is 0 Å². The Morgan fingerprint density at radius 2 is 0.789 bits per heavy atom. The van der Waals surface area contributed by atoms with Crippen molar-refractivity contribution in [3.8, 4) is 0 Å². The fraction of sp³-hybridized carbons (Fsp3) is 0.875. The zero-order chi connectivity index (χ0) is 13.6. The largest absolute Gasteiger partial charge is 2.00 e. The molecule has 0 aliphatic rings. The van der Waals surface area contributed by atoms with Crippen LogP contribution in [0.3, 0.4) is 0 Å². The van der Waals surface area contributed by atoms with Gasteiger partial charge in [-0.25, -0.2) is 0 Å². The number of halogens is 2. The van der Waals surface area contributed by atoms with Crippen molar-refractivity contribution in [2.75, 3.05) is 0 Å². The Balaban J connectivity index is -0.0000000594. The summed E-state index contributed by atoms with van der Waals surface area (Å²) in [6.07, 6.45) is 2.49. The van der Waals surface area contributed by atoms with Crippen molar-refractivity contribution in [3.63, 3.8) is 0 Å². The van der Waals surface area contributed by atoms with Gasteiger partial charge in [-0.05, 0) is 0 Å². The third-order valence-electron chi connectivity index (χ3n) is 4.47. The molecule has 19 heavy (non-hydrogen) atoms. The number of rotatable bonds is 4. The summed E-state index contributed by atoms with van der Waals surface area (Å²) in [5.74, 6) is 3.06. The molecule has 0 bridgehead atoms. The maximum Gasteiger partial charge on any atom is 2.00 e. The summed E-state index contributed by atoms with van der Waals surface area (Å²) in [6, 6.07) is 0. The fourth-order valence-electron chi connectivity index (χ4n) is 0.707. The quantitative estimate of drug-likeness (QED) is 0.457. The van der Waals surface area contributed by atoms with E-state index in [1.807, 2.05) is 0 Å². The van der Waals surface area contributed by atoms with E-state index in [0.29, 0.717) is 10.8 Å². The second kappa shape index (κ2) is 14.4. The molecule has 0 rings (SSSR count). The van der Waals surface area contributed by atoms with Gasteiger partial charge >= 0.3 is 26.2 Å². The molecule has 3 heteroatoms. The molecule has 0 heterocycles. The van der Waals surface area contributed by atoms with Gasteiger partial charge in [0, 0.05) is 0 Å². The van der Waals surface area contributed by atoms with Crippen LogP contribution in [0.25, 0.3) is 0 Å². The first-order valence-electron chi connectivity index (χ1n) is 6.62. The third-order valence-corrected chi connectivity index (χ3v) is 4.47. The van der Waals surface area contributed by atoms with E-state index in [9.17, 15) is 0 Å². The van der Waals surface area contributed by atoms with E-state index in [2.05, 4.69) is 69.2 Å². The Morgan fingerprint density at radius 1 is 0.632 bits per heavy atom. The van der Waals surface area contributed by atoms with Gasteiger partial charge in [0.2, 0.25) is 0 Å². The molecule has 0 atom stereocenters. The van der Waals surface area contributed by atoms with Gasteiger partial charge in [0.25, 0.3) is 0 Å². The molecule has 0 fully saturated rings. The Hall–Kier alpha value is 1.46. The SMILES string of the molecule is CCC(C)(C)[C-](C)C.CCC(C)(C)[C-](C)C.Cl.Cl.[Zr+2]. The molecule has 0 amide bonds. The molecule has 118 valence electrons. The molecule has 0 saturated carbocycles. The molecular weight excluding hydrogens is 354 g/mol. The third kappa shape index (κ3) is 15.7. The second-order valence-electron chi connectivity index (χ2n) is 6.47. The molecule has 0 aromatic heterocycles. The van der Waals surface area contributed by atoms with Crippen molar-refractivity contribution in [3.05, 3.63) is 11.8 Å². The second-order valence-corrected chi connectivity index (χ2v) is 6.47. The van der Waals surface area contributed by atoms with Crippen LogP contribution in [0.2, 0.25) is 0 Å². The van der Waals surface area contributed by atoms with Crippen molar-refractivity contribution >= 4 is 24.8 Å². The van der Waals surface area contributed by atoms with Crippen LogP contribution in [0.5, 0.6) is 0 Å². The first-order chi connectivity index (χ1) is 7.01. The van der Waals surface area contributed by atoms with Crippen LogP contribution < -0.4 is 0 Å². The summed E-state index contributed by atoms with van der Waals surface area (Å²) in [6.45, 7) is 22.4. The maximum absolute atomic E-state index is 2.28. The van der Waals surface area contributed by atoms with Gasteiger partial charge in [0.1, 0.15) is 0 Å². The molecule has 0 aromatic rings. The summed E-state index contributed by atoms with van der Waals surface area (Å²) in [5.41, 5.74) is 0.917. The summed E-state index contributed by atoms with van der Waals surface area (Å²) >= 11 is 0. The molecule has 0 aliphatic heterocycles. The van der Waals surface area contributed by atoms with Gasteiger partial charge in [-0.2, -0.15) is 38.5 Å². The Kier molecular flexibility index (Phi) is 24.6. The first kappa shape index (κ1) is 32.4. The Labute approximate surface area is 155 Å². The Bertz CT molecular complexity index is 156. The van der Waals surface area contributed by atoms with Gasteiger partial charge < -0.3 is 11.8 Å². The van der Waals surface area contributed by atoms with E-state index in [-0.39, 0.29) is 51.0 Å². The Morgan fingerprint density at radius 3 is 0.789 bits per heavy atom. The van der Waals surface area contributed by atoms with Crippen LogP contribution in [0.15, 0.2) is 0 Å². The molecule has 0 saturated heterocycles. The normalized spacial score (nSPS) is 10.7. The summed E-state index contributed by atoms with van der Waals surface area (Å²) in [4.78, 5) is 0. The standard InChI is InChI=1S/2C8H17.2ClH.Zr/c2*1-6-8(4,5)7(2)3;;;/h2*6H2,1-5H3;2*1H;/q2*-1;;;+2. The smallest absolute Gasteiger partial charge is 0.314 e. The predicted octanol–water partition coefficient (Wildman–Crippen LogP) is 6.91. The molecular formula is C16H36Cl2Zr. The predicted molar refractivity (Wildman–Crippen MR) is 91.8 cm³/mol. The van der Waals surface area contributed by atoms with Gasteiger partial charge in [0.15, 0.2) is 0 Å². The van der Waals surface area contributed by atoms with Gasteiger partial charge in [0.05, 0.1) is 0 Å². The maximum atomic E-state index is 2.28. The average molecular weight is 391 g/mol. The van der Waals surface area contributed by atoms with Gasteiger partial charge in [-0.15, -0.1) is 24.8 Å². The van der Waals surface area contributed by atoms with Crippen molar-refractivity contribution < 1.29 is 26.2 Å². The first-order valence-corrected chi connectivity index (χ1v) is 6.62. The van der Waals surface area contributed by atoms with Crippen LogP contribution >= 0.6 is 24.8 Å². The van der Waals surface area contributed by atoms with E-state index in [1.165, 1.54) is 24.7 Å². The minimum atomic E-state index is 0. The van der Waals surface area contributed by atoms with E-state index in [0.717, 1.165) is 0 Å². The zero-order valence-corrected chi connectivity index (χ0v) is 18.8. The molecule has 0 unspecified atom stereocenters. The van der Waals surface area contributed by atoms with Crippen LogP contribution in [0.4, 0.5) is 0 Å². The zero-order valence-electron chi connectivity index (χ0n) is 14.7. The molecule has 0 aromatic carbocycles. The van der Waals surface area contributed by atoms with E-state index in [1.54, 1.807) is 0 Å². The average Bonchev–Trinajstić information content (AvgIpc) is 2.18. The summed E-state index contributed by atoms with van der Waals surface area (Å²) < 4.78 is 0. The number of hydrogen-bond acceptors (Lipinski definition) is 0. The number of hydrogen-bond donors (Lipinski definition) is 0. The van der Waals surface area contributed by atoms with Gasteiger partial charge in [-0.3, -0.25) is 0 Å². The topological polar surface area (TPSA) is 0 Å². The molecule has 0 radical (unpaired) electrons. The molecule has 0 N–H and O–H groups in total. The van der Waals surface area contributed by atoms with Gasteiger partial charge in [-0.1, -0.05) is 54.4 Å². The monoisotopic (exact) mass is 388 g/mol. The van der Waals surface area contributed by atoms with Crippen LogP contribution in [0.1, 0.15) is 82.1 Å². The van der Waals surface area contributed by atoms with Crippen LogP contribution in [-0.2, 0) is 26.2 Å². The fourth-order valence-corrected chi connectivity index (χ4v) is 0.707. The van der Waals surface area contributed by atoms with Crippen LogP contribution in [0, 0.1) is 22.7 Å². The van der Waals surface area contributed by atoms with Crippen molar-refractivity contribution in [1.82, 2.24) is 0 Å². The summed E-state index contributed by atoms with van der Waals surface area (Å²) in [7, 11) is 0. The van der Waals surface area contributed by atoms with Crippen LogP contribution in [-0.4, -0.2) is 0 Å².